The third-order valence-corrected chi connectivity index (χ3v) is 3.48. The Morgan fingerprint density at radius 2 is 1.74 bits per heavy atom. The topological polar surface area (TPSA) is 79.3 Å². The van der Waals surface area contributed by atoms with Crippen molar-refractivity contribution in [2.75, 3.05) is 5.32 Å². The average molecular weight is 306 g/mol. The lowest BCUT2D eigenvalue weighted by Crippen LogP contribution is -2.18. The molecule has 2 aromatic carbocycles. The number of carbonyl (C=O) groups is 2. The standard InChI is InChI=1S/C18H14N2O3/c1-11-6-8-13(9-7-11)19-17(21)14-10-12-4-2-3-5-15(12)20-16(14)18(22)23/h2-10H,1H3,(H,19,21)(H,22,23). The first-order valence-electron chi connectivity index (χ1n) is 7.06. The number of aromatic nitrogens is 1. The molecule has 3 aromatic rings. The number of carbonyl (C=O) groups excluding carboxylic acids is 1. The molecule has 1 aromatic heterocycles. The third kappa shape index (κ3) is 3.03. The molecular weight excluding hydrogens is 292 g/mol. The van der Waals surface area contributed by atoms with Gasteiger partial charge in [0.15, 0.2) is 5.69 Å². The van der Waals surface area contributed by atoms with Crippen molar-refractivity contribution in [1.82, 2.24) is 4.98 Å². The van der Waals surface area contributed by atoms with Crippen LogP contribution in [0.4, 0.5) is 5.69 Å². The Morgan fingerprint density at radius 1 is 1.04 bits per heavy atom. The number of aryl methyl sites for hydroxylation is 1. The summed E-state index contributed by atoms with van der Waals surface area (Å²) in [6.45, 7) is 1.95. The van der Waals surface area contributed by atoms with Gasteiger partial charge in [-0.25, -0.2) is 9.78 Å². The number of pyridine rings is 1. The molecule has 0 saturated carbocycles. The number of anilines is 1. The van der Waals surface area contributed by atoms with E-state index in [1.807, 2.05) is 25.1 Å². The van der Waals surface area contributed by atoms with E-state index in [9.17, 15) is 14.7 Å². The van der Waals surface area contributed by atoms with Gasteiger partial charge in [0, 0.05) is 11.1 Å². The average Bonchev–Trinajstić information content (AvgIpc) is 2.55. The maximum absolute atomic E-state index is 12.5. The fourth-order valence-corrected chi connectivity index (χ4v) is 2.29. The summed E-state index contributed by atoms with van der Waals surface area (Å²) in [4.78, 5) is 28.0. The van der Waals surface area contributed by atoms with Gasteiger partial charge in [0.05, 0.1) is 11.1 Å². The molecule has 0 aliphatic rings. The number of benzene rings is 2. The molecule has 0 aliphatic heterocycles. The van der Waals surface area contributed by atoms with Crippen LogP contribution in [0, 0.1) is 6.92 Å². The van der Waals surface area contributed by atoms with Gasteiger partial charge >= 0.3 is 5.97 Å². The van der Waals surface area contributed by atoms with Crippen molar-refractivity contribution < 1.29 is 14.7 Å². The van der Waals surface area contributed by atoms with E-state index in [0.717, 1.165) is 5.56 Å². The molecule has 0 spiro atoms. The molecule has 2 N–H and O–H groups in total. The second kappa shape index (κ2) is 5.88. The first-order chi connectivity index (χ1) is 11.0. The van der Waals surface area contributed by atoms with Gasteiger partial charge in [0.2, 0.25) is 0 Å². The van der Waals surface area contributed by atoms with Crippen LogP contribution in [0.15, 0.2) is 54.6 Å². The number of fused-ring (bicyclic) bond motifs is 1. The first-order valence-corrected chi connectivity index (χ1v) is 7.06. The summed E-state index contributed by atoms with van der Waals surface area (Å²) in [7, 11) is 0. The van der Waals surface area contributed by atoms with Gasteiger partial charge in [-0.05, 0) is 31.2 Å². The number of carboxylic acids is 1. The molecule has 1 amide bonds. The monoisotopic (exact) mass is 306 g/mol. The van der Waals surface area contributed by atoms with Crippen LogP contribution in [0.25, 0.3) is 10.9 Å². The largest absolute Gasteiger partial charge is 0.476 e. The lowest BCUT2D eigenvalue weighted by Gasteiger charge is -2.09. The summed E-state index contributed by atoms with van der Waals surface area (Å²) >= 11 is 0. The zero-order valence-corrected chi connectivity index (χ0v) is 12.4. The minimum absolute atomic E-state index is 0.0387. The van der Waals surface area contributed by atoms with Gasteiger partial charge in [-0.3, -0.25) is 4.79 Å². The fraction of sp³-hybridized carbons (Fsp3) is 0.0556. The molecule has 0 unspecified atom stereocenters. The molecule has 23 heavy (non-hydrogen) atoms. The van der Waals surface area contributed by atoms with Crippen LogP contribution in [0.2, 0.25) is 0 Å². The minimum Gasteiger partial charge on any atom is -0.476 e. The molecule has 0 aliphatic carbocycles. The maximum Gasteiger partial charge on any atom is 0.355 e. The number of nitrogens with one attached hydrogen (secondary N) is 1. The van der Waals surface area contributed by atoms with Crippen LogP contribution in [0.1, 0.15) is 26.4 Å². The zero-order chi connectivity index (χ0) is 16.4. The molecule has 0 saturated heterocycles. The first kappa shape index (κ1) is 14.7. The molecule has 0 radical (unpaired) electrons. The van der Waals surface area contributed by atoms with Gasteiger partial charge in [0.1, 0.15) is 0 Å². The predicted octanol–water partition coefficient (Wildman–Crippen LogP) is 3.49. The molecule has 1 heterocycles. The SMILES string of the molecule is Cc1ccc(NC(=O)c2cc3ccccc3nc2C(=O)O)cc1. The van der Waals surface area contributed by atoms with Gasteiger partial charge in [0.25, 0.3) is 5.91 Å². The lowest BCUT2D eigenvalue weighted by atomic mass is 10.1. The smallest absolute Gasteiger partial charge is 0.355 e. The van der Waals surface area contributed by atoms with Gasteiger partial charge < -0.3 is 10.4 Å². The number of aromatic carboxylic acids is 1. The number of nitrogens with zero attached hydrogens (tertiary/aromatic N) is 1. The van der Waals surface area contributed by atoms with Crippen LogP contribution in [-0.2, 0) is 0 Å². The molecule has 0 bridgehead atoms. The Kier molecular flexibility index (Phi) is 3.76. The number of hydrogen-bond donors (Lipinski definition) is 2. The highest BCUT2D eigenvalue weighted by atomic mass is 16.4. The van der Waals surface area contributed by atoms with Gasteiger partial charge in [-0.2, -0.15) is 0 Å². The Labute approximate surface area is 132 Å². The van der Waals surface area contributed by atoms with Crippen molar-refractivity contribution in [2.45, 2.75) is 6.92 Å². The second-order valence-corrected chi connectivity index (χ2v) is 5.20. The molecule has 0 atom stereocenters. The number of rotatable bonds is 3. The molecule has 0 fully saturated rings. The van der Waals surface area contributed by atoms with E-state index >= 15 is 0 Å². The molecule has 5 heteroatoms. The van der Waals surface area contributed by atoms with E-state index in [2.05, 4.69) is 10.3 Å². The van der Waals surface area contributed by atoms with E-state index in [-0.39, 0.29) is 11.3 Å². The summed E-state index contributed by atoms with van der Waals surface area (Å²) in [5.41, 5.74) is 1.99. The van der Waals surface area contributed by atoms with E-state index in [0.29, 0.717) is 16.6 Å². The van der Waals surface area contributed by atoms with E-state index in [1.54, 1.807) is 36.4 Å². The quantitative estimate of drug-likeness (QED) is 0.776. The predicted molar refractivity (Wildman–Crippen MR) is 87.8 cm³/mol. The summed E-state index contributed by atoms with van der Waals surface area (Å²) in [5, 5.41) is 12.8. The van der Waals surface area contributed by atoms with Crippen molar-refractivity contribution in [3.63, 3.8) is 0 Å². The number of carboxylic acid groups (broad SMARTS) is 1. The molecular formula is C18H14N2O3. The number of amides is 1. The van der Waals surface area contributed by atoms with E-state index in [1.165, 1.54) is 0 Å². The highest BCUT2D eigenvalue weighted by Crippen LogP contribution is 2.19. The van der Waals surface area contributed by atoms with Crippen LogP contribution in [0.3, 0.4) is 0 Å². The highest BCUT2D eigenvalue weighted by molar-refractivity contribution is 6.11. The molecule has 5 nitrogen and oxygen atoms in total. The number of hydrogen-bond acceptors (Lipinski definition) is 3. The van der Waals surface area contributed by atoms with Crippen LogP contribution in [0.5, 0.6) is 0 Å². The van der Waals surface area contributed by atoms with Crippen LogP contribution in [-0.4, -0.2) is 22.0 Å². The van der Waals surface area contributed by atoms with Crippen molar-refractivity contribution in [3.05, 3.63) is 71.4 Å². The van der Waals surface area contributed by atoms with Crippen molar-refractivity contribution in [3.8, 4) is 0 Å². The van der Waals surface area contributed by atoms with Gasteiger partial charge in [-0.15, -0.1) is 0 Å². The third-order valence-electron chi connectivity index (χ3n) is 3.48. The molecule has 114 valence electrons. The molecule has 3 rings (SSSR count). The number of para-hydroxylation sites is 1. The summed E-state index contributed by atoms with van der Waals surface area (Å²) < 4.78 is 0. The summed E-state index contributed by atoms with van der Waals surface area (Å²) in [6, 6.07) is 15.9. The second-order valence-electron chi connectivity index (χ2n) is 5.20. The lowest BCUT2D eigenvalue weighted by molar-refractivity contribution is 0.0686. The van der Waals surface area contributed by atoms with E-state index in [4.69, 9.17) is 0 Å². The summed E-state index contributed by atoms with van der Waals surface area (Å²) in [6.07, 6.45) is 0. The van der Waals surface area contributed by atoms with Crippen molar-refractivity contribution in [1.29, 1.82) is 0 Å². The fourth-order valence-electron chi connectivity index (χ4n) is 2.29. The Bertz CT molecular complexity index is 902. The van der Waals surface area contributed by atoms with E-state index < -0.39 is 11.9 Å². The summed E-state index contributed by atoms with van der Waals surface area (Å²) in [5.74, 6) is -1.73. The van der Waals surface area contributed by atoms with Crippen molar-refractivity contribution >= 4 is 28.5 Å². The Morgan fingerprint density at radius 3 is 2.43 bits per heavy atom. The highest BCUT2D eigenvalue weighted by Gasteiger charge is 2.19. The minimum atomic E-state index is -1.23. The van der Waals surface area contributed by atoms with Crippen LogP contribution >= 0.6 is 0 Å². The maximum atomic E-state index is 12.5. The zero-order valence-electron chi connectivity index (χ0n) is 12.4. The normalized spacial score (nSPS) is 10.5. The van der Waals surface area contributed by atoms with Crippen molar-refractivity contribution in [2.24, 2.45) is 0 Å². The Hall–Kier alpha value is -3.21. The van der Waals surface area contributed by atoms with Gasteiger partial charge in [-0.1, -0.05) is 35.9 Å². The Balaban J connectivity index is 2.02. The van der Waals surface area contributed by atoms with Crippen LogP contribution < -0.4 is 5.32 Å².